The van der Waals surface area contributed by atoms with E-state index in [1.54, 1.807) is 0 Å². The van der Waals surface area contributed by atoms with Gasteiger partial charge in [0.15, 0.2) is 5.96 Å². The van der Waals surface area contributed by atoms with Gasteiger partial charge in [-0.05, 0) is 44.3 Å². The zero-order valence-electron chi connectivity index (χ0n) is 30.6. The minimum absolute atomic E-state index is 0.00764. The maximum atomic E-state index is 13.8. The molecule has 9 atom stereocenters. The number of aliphatic hydroxyl groups excluding tert-OH is 6. The van der Waals surface area contributed by atoms with Crippen molar-refractivity contribution in [3.8, 4) is 0 Å². The summed E-state index contributed by atoms with van der Waals surface area (Å²) in [7, 11) is 2.75. The van der Waals surface area contributed by atoms with Gasteiger partial charge in [0.25, 0.3) is 0 Å². The van der Waals surface area contributed by atoms with Gasteiger partial charge in [-0.25, -0.2) is 0 Å². The summed E-state index contributed by atoms with van der Waals surface area (Å²) in [6.07, 6.45) is -5.81. The monoisotopic (exact) mass is 804 g/mol. The Labute approximate surface area is 321 Å². The Kier molecular flexibility index (Phi) is 19.2. The second-order valence-corrected chi connectivity index (χ2v) is 17.3. The first kappa shape index (κ1) is 46.7. The Morgan fingerprint density at radius 2 is 1.28 bits per heavy atom. The van der Waals surface area contributed by atoms with E-state index in [2.05, 4.69) is 26.3 Å². The Morgan fingerprint density at radius 3 is 1.80 bits per heavy atom. The van der Waals surface area contributed by atoms with Crippen molar-refractivity contribution >= 4 is 57.1 Å². The number of hydrogen-bond acceptors (Lipinski definition) is 14. The quantitative estimate of drug-likeness (QED) is 0.0244. The summed E-state index contributed by atoms with van der Waals surface area (Å²) in [4.78, 5) is 69.3. The van der Waals surface area contributed by atoms with E-state index >= 15 is 0 Å². The van der Waals surface area contributed by atoms with E-state index in [0.29, 0.717) is 12.8 Å². The molecule has 2 aliphatic carbocycles. The largest absolute Gasteiger partial charge is 0.390 e. The molecule has 0 saturated carbocycles. The highest BCUT2D eigenvalue weighted by Crippen LogP contribution is 2.35. The molecule has 21 heteroatoms. The third-order valence-electron chi connectivity index (χ3n) is 8.28. The van der Waals surface area contributed by atoms with Crippen molar-refractivity contribution < 1.29 is 54.6 Å². The summed E-state index contributed by atoms with van der Waals surface area (Å²) < 4.78 is -0.215. The Bertz CT molecular complexity index is 1410. The summed E-state index contributed by atoms with van der Waals surface area (Å²) >= 11 is 0. The summed E-state index contributed by atoms with van der Waals surface area (Å²) in [5, 5.41) is 70.1. The highest BCUT2D eigenvalue weighted by molar-refractivity contribution is 8.77. The van der Waals surface area contributed by atoms with Crippen LogP contribution >= 0.6 is 21.6 Å². The SMILES string of the molecule is CC(C)(C)SSC[C@H](NC(=O)[C@H](CCCCNC(=O)C1=C[C@@H](O)[C@@H](O)[C@H](O)C1)NC(=O)C1=C[C@@H](O)[C@@H](O)[C@H](O)C1)C(=O)N[C@@H](CCCN=C(N)N)C(N)=O. The summed E-state index contributed by atoms with van der Waals surface area (Å²) in [5.74, 6) is -3.72. The van der Waals surface area contributed by atoms with Gasteiger partial charge in [-0.15, -0.1) is 0 Å². The van der Waals surface area contributed by atoms with Gasteiger partial charge in [-0.3, -0.25) is 29.0 Å². The van der Waals surface area contributed by atoms with Gasteiger partial charge in [0, 0.05) is 47.6 Å². The molecule has 0 spiro atoms. The number of carbonyl (C=O) groups excluding carboxylic acids is 5. The molecule has 0 aromatic heterocycles. The van der Waals surface area contributed by atoms with Crippen molar-refractivity contribution in [2.75, 3.05) is 18.8 Å². The van der Waals surface area contributed by atoms with Crippen LogP contribution < -0.4 is 38.5 Å². The summed E-state index contributed by atoms with van der Waals surface area (Å²) in [6.45, 7) is 6.17. The molecule has 0 saturated heterocycles. The van der Waals surface area contributed by atoms with Gasteiger partial charge in [0.2, 0.25) is 29.5 Å². The Morgan fingerprint density at radius 1 is 0.759 bits per heavy atom. The molecule has 0 aromatic rings. The number of guanidine groups is 1. The van der Waals surface area contributed by atoms with Crippen LogP contribution in [0.2, 0.25) is 0 Å². The summed E-state index contributed by atoms with van der Waals surface area (Å²) in [5.41, 5.74) is 16.3. The first-order valence-electron chi connectivity index (χ1n) is 17.5. The van der Waals surface area contributed by atoms with E-state index in [4.69, 9.17) is 17.2 Å². The fourth-order valence-corrected chi connectivity index (χ4v) is 7.80. The van der Waals surface area contributed by atoms with E-state index in [1.165, 1.54) is 27.7 Å². The molecule has 0 aliphatic heterocycles. The molecule has 306 valence electrons. The topological polar surface area (TPSA) is 345 Å². The lowest BCUT2D eigenvalue weighted by molar-refractivity contribution is -0.132. The fraction of sp³-hybridized carbons (Fsp3) is 0.697. The fourth-order valence-electron chi connectivity index (χ4n) is 5.33. The molecule has 0 bridgehead atoms. The van der Waals surface area contributed by atoms with E-state index in [1.807, 2.05) is 20.8 Å². The van der Waals surface area contributed by atoms with E-state index in [0.717, 1.165) is 6.08 Å². The van der Waals surface area contributed by atoms with Gasteiger partial charge in [-0.2, -0.15) is 0 Å². The van der Waals surface area contributed by atoms with Crippen molar-refractivity contribution in [2.45, 2.75) is 125 Å². The Hall–Kier alpha value is -3.44. The number of aliphatic hydroxyl groups is 6. The predicted octanol–water partition coefficient (Wildman–Crippen LogP) is -3.73. The number of nitrogens with one attached hydrogen (secondary N) is 4. The van der Waals surface area contributed by atoms with Crippen LogP contribution in [0.25, 0.3) is 0 Å². The third kappa shape index (κ3) is 16.1. The van der Waals surface area contributed by atoms with Crippen LogP contribution in [-0.2, 0) is 24.0 Å². The molecule has 19 nitrogen and oxygen atoms in total. The zero-order chi connectivity index (χ0) is 40.7. The van der Waals surface area contributed by atoms with E-state index < -0.39 is 84.3 Å². The standard InChI is InChI=1S/C33H56N8O11S2/c1-33(2,3)54-53-15-20(31(52)39-18(27(34)48)8-6-10-38-32(35)36)41-30(51)19(40-29(50)17-13-23(44)26(47)24(45)14-17)7-4-5-9-37-28(49)16-11-21(42)25(46)22(43)12-16/h11,13,18-26,42-47H,4-10,12,14-15H2,1-3H3,(H2,34,48)(H,37,49)(H,39,52)(H,40,50)(H,41,51)(H4,35,36,38)/t18-,19-,20-,21+,22+,23+,24+,25+,26+/m0/s1. The number of aliphatic imine (C=N–C) groups is 1. The zero-order valence-corrected chi connectivity index (χ0v) is 32.3. The molecular weight excluding hydrogens is 749 g/mol. The van der Waals surface area contributed by atoms with Crippen molar-refractivity contribution in [1.29, 1.82) is 0 Å². The minimum atomic E-state index is -1.53. The van der Waals surface area contributed by atoms with Crippen LogP contribution in [0, 0.1) is 0 Å². The number of unbranched alkanes of at least 4 members (excludes halogenated alkanes) is 1. The number of amides is 5. The van der Waals surface area contributed by atoms with Crippen molar-refractivity contribution in [2.24, 2.45) is 22.2 Å². The molecule has 16 N–H and O–H groups in total. The lowest BCUT2D eigenvalue weighted by atomic mass is 9.91. The third-order valence-corrected chi connectivity index (χ3v) is 11.6. The van der Waals surface area contributed by atoms with E-state index in [9.17, 15) is 54.6 Å². The van der Waals surface area contributed by atoms with Gasteiger partial charge in [0.05, 0.1) is 12.2 Å². The average Bonchev–Trinajstić information content (AvgIpc) is 3.08. The minimum Gasteiger partial charge on any atom is -0.390 e. The molecule has 54 heavy (non-hydrogen) atoms. The molecule has 0 radical (unpaired) electrons. The van der Waals surface area contributed by atoms with Crippen LogP contribution in [-0.4, -0.2) is 144 Å². The smallest absolute Gasteiger partial charge is 0.247 e. The molecule has 0 unspecified atom stereocenters. The highest BCUT2D eigenvalue weighted by Gasteiger charge is 2.35. The van der Waals surface area contributed by atoms with Gasteiger partial charge < -0.3 is 69.1 Å². The lowest BCUT2D eigenvalue weighted by Crippen LogP contribution is -2.57. The normalized spacial score (nSPS) is 24.5. The molecule has 2 rings (SSSR count). The second kappa shape index (κ2) is 22.2. The predicted molar refractivity (Wildman–Crippen MR) is 203 cm³/mol. The molecular formula is C33H56N8O11S2. The molecule has 5 amide bonds. The number of rotatable bonds is 20. The number of nitrogens with zero attached hydrogens (tertiary/aromatic N) is 1. The van der Waals surface area contributed by atoms with Crippen LogP contribution in [0.3, 0.4) is 0 Å². The van der Waals surface area contributed by atoms with E-state index in [-0.39, 0.29) is 72.8 Å². The second-order valence-electron chi connectivity index (χ2n) is 14.1. The molecule has 0 fully saturated rings. The number of nitrogens with two attached hydrogens (primary N) is 3. The Balaban J connectivity index is 2.21. The van der Waals surface area contributed by atoms with Gasteiger partial charge >= 0.3 is 0 Å². The highest BCUT2D eigenvalue weighted by atomic mass is 33.1. The lowest BCUT2D eigenvalue weighted by Gasteiger charge is -2.29. The number of carbonyl (C=O) groups is 5. The summed E-state index contributed by atoms with van der Waals surface area (Å²) in [6, 6.07) is -3.56. The van der Waals surface area contributed by atoms with Crippen molar-refractivity contribution in [1.82, 2.24) is 21.3 Å². The molecule has 2 aliphatic rings. The molecule has 0 heterocycles. The van der Waals surface area contributed by atoms with Crippen molar-refractivity contribution in [3.63, 3.8) is 0 Å². The number of primary amides is 1. The van der Waals surface area contributed by atoms with Crippen LogP contribution in [0.5, 0.6) is 0 Å². The average molecular weight is 805 g/mol. The first-order chi connectivity index (χ1) is 25.2. The van der Waals surface area contributed by atoms with Gasteiger partial charge in [-0.1, -0.05) is 42.4 Å². The maximum absolute atomic E-state index is 13.8. The van der Waals surface area contributed by atoms with Gasteiger partial charge in [0.1, 0.15) is 42.5 Å². The maximum Gasteiger partial charge on any atom is 0.247 e. The molecule has 0 aromatic carbocycles. The van der Waals surface area contributed by atoms with Crippen LogP contribution in [0.4, 0.5) is 0 Å². The van der Waals surface area contributed by atoms with Crippen LogP contribution in [0.15, 0.2) is 28.3 Å². The van der Waals surface area contributed by atoms with Crippen molar-refractivity contribution in [3.05, 3.63) is 23.3 Å². The first-order valence-corrected chi connectivity index (χ1v) is 19.9. The van der Waals surface area contributed by atoms with Crippen LogP contribution in [0.1, 0.15) is 65.7 Å². The number of hydrogen-bond donors (Lipinski definition) is 13.